The topological polar surface area (TPSA) is 42.2 Å². The fourth-order valence-electron chi connectivity index (χ4n) is 2.30. The summed E-state index contributed by atoms with van der Waals surface area (Å²) in [5, 5.41) is 9.22. The van der Waals surface area contributed by atoms with Gasteiger partial charge in [-0.1, -0.05) is 42.5 Å². The molecule has 0 spiro atoms. The minimum atomic E-state index is -0.331. The zero-order valence-corrected chi connectivity index (χ0v) is 10.4. The summed E-state index contributed by atoms with van der Waals surface area (Å²) < 4.78 is 11.1. The van der Waals surface area contributed by atoms with Gasteiger partial charge in [-0.2, -0.15) is 5.26 Å². The van der Waals surface area contributed by atoms with Gasteiger partial charge in [0.2, 0.25) is 0 Å². The molecule has 0 bridgehead atoms. The molecule has 1 aliphatic heterocycles. The molecule has 0 atom stereocenters. The van der Waals surface area contributed by atoms with E-state index in [0.29, 0.717) is 18.8 Å². The third kappa shape index (κ3) is 2.24. The average molecular weight is 251 g/mol. The van der Waals surface area contributed by atoms with E-state index in [1.807, 2.05) is 48.5 Å². The van der Waals surface area contributed by atoms with Crippen LogP contribution in [0.4, 0.5) is 0 Å². The van der Waals surface area contributed by atoms with E-state index in [4.69, 9.17) is 9.47 Å². The van der Waals surface area contributed by atoms with Crippen LogP contribution in [0.2, 0.25) is 0 Å². The van der Waals surface area contributed by atoms with Gasteiger partial charge in [0.1, 0.15) is 0 Å². The molecule has 1 fully saturated rings. The SMILES string of the molecule is N#Cc1ccccc1-c1ccccc1C1OCCO1. The largest absolute Gasteiger partial charge is 0.346 e. The van der Waals surface area contributed by atoms with Crippen LogP contribution in [0.1, 0.15) is 17.4 Å². The molecule has 2 aromatic rings. The van der Waals surface area contributed by atoms with Crippen molar-refractivity contribution in [3.63, 3.8) is 0 Å². The summed E-state index contributed by atoms with van der Waals surface area (Å²) in [5.41, 5.74) is 3.54. The van der Waals surface area contributed by atoms with Crippen LogP contribution >= 0.6 is 0 Å². The molecule has 0 saturated carbocycles. The molecule has 94 valence electrons. The molecule has 0 N–H and O–H groups in total. The Morgan fingerprint density at radius 3 is 2.26 bits per heavy atom. The Hall–Kier alpha value is -2.15. The number of nitrogens with zero attached hydrogens (tertiary/aromatic N) is 1. The zero-order chi connectivity index (χ0) is 13.1. The van der Waals surface area contributed by atoms with Gasteiger partial charge in [0, 0.05) is 5.56 Å². The molecule has 0 amide bonds. The average Bonchev–Trinajstić information content (AvgIpc) is 3.01. The lowest BCUT2D eigenvalue weighted by atomic mass is 9.95. The van der Waals surface area contributed by atoms with Crippen LogP contribution in [-0.4, -0.2) is 13.2 Å². The number of ether oxygens (including phenoxy) is 2. The maximum Gasteiger partial charge on any atom is 0.184 e. The van der Waals surface area contributed by atoms with Gasteiger partial charge < -0.3 is 9.47 Å². The highest BCUT2D eigenvalue weighted by Gasteiger charge is 2.22. The number of rotatable bonds is 2. The van der Waals surface area contributed by atoms with Crippen LogP contribution in [0.25, 0.3) is 11.1 Å². The fraction of sp³-hybridized carbons (Fsp3) is 0.188. The van der Waals surface area contributed by atoms with E-state index in [-0.39, 0.29) is 6.29 Å². The van der Waals surface area contributed by atoms with Gasteiger partial charge in [0.15, 0.2) is 6.29 Å². The summed E-state index contributed by atoms with van der Waals surface area (Å²) >= 11 is 0. The van der Waals surface area contributed by atoms with Gasteiger partial charge in [-0.25, -0.2) is 0 Å². The second-order valence-corrected chi connectivity index (χ2v) is 4.32. The summed E-state index contributed by atoms with van der Waals surface area (Å²) in [6.45, 7) is 1.22. The van der Waals surface area contributed by atoms with Crippen LogP contribution in [-0.2, 0) is 9.47 Å². The highest BCUT2D eigenvalue weighted by molar-refractivity contribution is 5.73. The fourth-order valence-corrected chi connectivity index (χ4v) is 2.30. The summed E-state index contributed by atoms with van der Waals surface area (Å²) in [4.78, 5) is 0. The minimum Gasteiger partial charge on any atom is -0.346 e. The lowest BCUT2D eigenvalue weighted by Gasteiger charge is -2.15. The molecule has 19 heavy (non-hydrogen) atoms. The Kier molecular flexibility index (Phi) is 3.28. The first kappa shape index (κ1) is 11.9. The molecule has 1 saturated heterocycles. The molecular formula is C16H13NO2. The first-order valence-electron chi connectivity index (χ1n) is 6.22. The molecule has 1 aliphatic rings. The number of nitriles is 1. The van der Waals surface area contributed by atoms with E-state index in [9.17, 15) is 5.26 Å². The third-order valence-electron chi connectivity index (χ3n) is 3.17. The van der Waals surface area contributed by atoms with E-state index in [0.717, 1.165) is 16.7 Å². The van der Waals surface area contributed by atoms with Crippen molar-refractivity contribution >= 4 is 0 Å². The van der Waals surface area contributed by atoms with Crippen molar-refractivity contribution in [2.45, 2.75) is 6.29 Å². The first-order chi connectivity index (χ1) is 9.40. The molecule has 3 heteroatoms. The van der Waals surface area contributed by atoms with Gasteiger partial charge >= 0.3 is 0 Å². The first-order valence-corrected chi connectivity index (χ1v) is 6.22. The monoisotopic (exact) mass is 251 g/mol. The summed E-state index contributed by atoms with van der Waals surface area (Å²) in [6.07, 6.45) is -0.331. The smallest absolute Gasteiger partial charge is 0.184 e. The van der Waals surface area contributed by atoms with Crippen molar-refractivity contribution < 1.29 is 9.47 Å². The van der Waals surface area contributed by atoms with Crippen LogP contribution in [0.3, 0.4) is 0 Å². The van der Waals surface area contributed by atoms with Crippen molar-refractivity contribution in [2.24, 2.45) is 0 Å². The van der Waals surface area contributed by atoms with Gasteiger partial charge in [-0.3, -0.25) is 0 Å². The van der Waals surface area contributed by atoms with Crippen molar-refractivity contribution in [1.82, 2.24) is 0 Å². The number of benzene rings is 2. The predicted molar refractivity (Wildman–Crippen MR) is 71.2 cm³/mol. The molecule has 0 aliphatic carbocycles. The van der Waals surface area contributed by atoms with E-state index in [2.05, 4.69) is 6.07 Å². The molecule has 0 unspecified atom stereocenters. The summed E-state index contributed by atoms with van der Waals surface area (Å²) in [6, 6.07) is 17.7. The Balaban J connectivity index is 2.12. The van der Waals surface area contributed by atoms with Crippen LogP contribution in [0.15, 0.2) is 48.5 Å². The number of hydrogen-bond acceptors (Lipinski definition) is 3. The van der Waals surface area contributed by atoms with Gasteiger partial charge in [0.25, 0.3) is 0 Å². The second-order valence-electron chi connectivity index (χ2n) is 4.32. The summed E-state index contributed by atoms with van der Waals surface area (Å²) in [7, 11) is 0. The minimum absolute atomic E-state index is 0.331. The van der Waals surface area contributed by atoms with Crippen LogP contribution < -0.4 is 0 Å². The molecule has 1 heterocycles. The molecule has 0 radical (unpaired) electrons. The van der Waals surface area contributed by atoms with Crippen molar-refractivity contribution in [3.05, 3.63) is 59.7 Å². The lowest BCUT2D eigenvalue weighted by Crippen LogP contribution is -2.01. The molecular weight excluding hydrogens is 238 g/mol. The highest BCUT2D eigenvalue weighted by atomic mass is 16.7. The van der Waals surface area contributed by atoms with E-state index in [1.165, 1.54) is 0 Å². The maximum atomic E-state index is 9.22. The number of hydrogen-bond donors (Lipinski definition) is 0. The molecule has 2 aromatic carbocycles. The second kappa shape index (κ2) is 5.23. The van der Waals surface area contributed by atoms with E-state index < -0.39 is 0 Å². The molecule has 0 aromatic heterocycles. The van der Waals surface area contributed by atoms with Crippen molar-refractivity contribution in [2.75, 3.05) is 13.2 Å². The predicted octanol–water partition coefficient (Wildman–Crippen LogP) is 3.27. The lowest BCUT2D eigenvalue weighted by molar-refractivity contribution is -0.0436. The Morgan fingerprint density at radius 1 is 0.895 bits per heavy atom. The highest BCUT2D eigenvalue weighted by Crippen LogP contribution is 2.34. The third-order valence-corrected chi connectivity index (χ3v) is 3.17. The Labute approximate surface area is 112 Å². The Morgan fingerprint density at radius 2 is 1.53 bits per heavy atom. The van der Waals surface area contributed by atoms with E-state index in [1.54, 1.807) is 0 Å². The van der Waals surface area contributed by atoms with Gasteiger partial charge in [-0.15, -0.1) is 0 Å². The zero-order valence-electron chi connectivity index (χ0n) is 10.4. The maximum absolute atomic E-state index is 9.22. The molecule has 3 nitrogen and oxygen atoms in total. The van der Waals surface area contributed by atoms with Gasteiger partial charge in [-0.05, 0) is 17.2 Å². The summed E-state index contributed by atoms with van der Waals surface area (Å²) in [5.74, 6) is 0. The molecule has 3 rings (SSSR count). The van der Waals surface area contributed by atoms with Crippen LogP contribution in [0, 0.1) is 11.3 Å². The Bertz CT molecular complexity index is 625. The van der Waals surface area contributed by atoms with E-state index >= 15 is 0 Å². The van der Waals surface area contributed by atoms with Crippen molar-refractivity contribution in [1.29, 1.82) is 5.26 Å². The quantitative estimate of drug-likeness (QED) is 0.822. The normalized spacial score (nSPS) is 15.3. The van der Waals surface area contributed by atoms with Gasteiger partial charge in [0.05, 0.1) is 24.8 Å². The standard InChI is InChI=1S/C16H13NO2/c17-11-12-5-1-2-6-13(12)14-7-3-4-8-15(14)16-18-9-10-19-16/h1-8,16H,9-10H2. The van der Waals surface area contributed by atoms with Crippen molar-refractivity contribution in [3.8, 4) is 17.2 Å². The van der Waals surface area contributed by atoms with Crippen LogP contribution in [0.5, 0.6) is 0 Å².